The van der Waals surface area contributed by atoms with Gasteiger partial charge in [0.2, 0.25) is 0 Å². The van der Waals surface area contributed by atoms with Crippen LogP contribution in [0.2, 0.25) is 5.15 Å². The molecule has 0 aliphatic rings. The summed E-state index contributed by atoms with van der Waals surface area (Å²) in [5, 5.41) is 2.94. The predicted octanol–water partition coefficient (Wildman–Crippen LogP) is 2.75. The first-order valence-electron chi connectivity index (χ1n) is 4.01. The highest BCUT2D eigenvalue weighted by Crippen LogP contribution is 2.25. The molecule has 2 N–H and O–H groups in total. The Balaban J connectivity index is 2.51. The Kier molecular flexibility index (Phi) is 2.39. The van der Waals surface area contributed by atoms with E-state index < -0.39 is 0 Å². The molecule has 0 radical (unpaired) electrons. The van der Waals surface area contributed by atoms with Crippen LogP contribution in [-0.4, -0.2) is 9.97 Å². The lowest BCUT2D eigenvalue weighted by Gasteiger charge is -1.99. The van der Waals surface area contributed by atoms with Crippen LogP contribution in [0.1, 0.15) is 5.69 Å². The van der Waals surface area contributed by atoms with E-state index in [2.05, 4.69) is 9.97 Å². The van der Waals surface area contributed by atoms with Crippen molar-refractivity contribution in [2.24, 2.45) is 0 Å². The molecule has 0 fully saturated rings. The Morgan fingerprint density at radius 2 is 2.14 bits per heavy atom. The van der Waals surface area contributed by atoms with Crippen molar-refractivity contribution in [3.63, 3.8) is 0 Å². The summed E-state index contributed by atoms with van der Waals surface area (Å²) in [7, 11) is 0. The highest BCUT2D eigenvalue weighted by molar-refractivity contribution is 7.13. The quantitative estimate of drug-likeness (QED) is 0.760. The van der Waals surface area contributed by atoms with Crippen molar-refractivity contribution >= 4 is 28.1 Å². The monoisotopic (exact) mass is 225 g/mol. The highest BCUT2D eigenvalue weighted by atomic mass is 35.5. The summed E-state index contributed by atoms with van der Waals surface area (Å²) < 4.78 is 0. The van der Waals surface area contributed by atoms with Gasteiger partial charge in [-0.2, -0.15) is 0 Å². The van der Waals surface area contributed by atoms with Crippen molar-refractivity contribution in [3.8, 4) is 11.3 Å². The molecule has 5 heteroatoms. The minimum Gasteiger partial charge on any atom is -0.375 e. The topological polar surface area (TPSA) is 51.8 Å². The van der Waals surface area contributed by atoms with Crippen LogP contribution in [0.15, 0.2) is 17.5 Å². The number of rotatable bonds is 1. The second-order valence-electron chi connectivity index (χ2n) is 2.89. The zero-order valence-corrected chi connectivity index (χ0v) is 9.06. The summed E-state index contributed by atoms with van der Waals surface area (Å²) in [6, 6.07) is 3.71. The summed E-state index contributed by atoms with van der Waals surface area (Å²) >= 11 is 7.25. The van der Waals surface area contributed by atoms with E-state index in [4.69, 9.17) is 17.3 Å². The molecule has 0 bridgehead atoms. The normalized spacial score (nSPS) is 10.4. The Bertz CT molecular complexity index is 447. The van der Waals surface area contributed by atoms with Crippen LogP contribution in [0.4, 0.5) is 5.13 Å². The van der Waals surface area contributed by atoms with Crippen molar-refractivity contribution in [1.82, 2.24) is 9.97 Å². The van der Waals surface area contributed by atoms with E-state index in [0.717, 1.165) is 17.0 Å². The average molecular weight is 226 g/mol. The van der Waals surface area contributed by atoms with Gasteiger partial charge in [0.1, 0.15) is 5.15 Å². The molecule has 0 aromatic carbocycles. The minimum absolute atomic E-state index is 0.478. The van der Waals surface area contributed by atoms with E-state index in [1.165, 1.54) is 11.3 Å². The summed E-state index contributed by atoms with van der Waals surface area (Å²) in [6.07, 6.45) is 0. The number of nitrogen functional groups attached to an aromatic ring is 1. The van der Waals surface area contributed by atoms with Gasteiger partial charge in [-0.15, -0.1) is 11.3 Å². The molecule has 2 aromatic rings. The first-order chi connectivity index (χ1) is 6.65. The molecule has 0 aliphatic heterocycles. The predicted molar refractivity (Wildman–Crippen MR) is 59.5 cm³/mol. The van der Waals surface area contributed by atoms with Crippen molar-refractivity contribution < 1.29 is 0 Å². The number of anilines is 1. The molecule has 0 saturated carbocycles. The average Bonchev–Trinajstić information content (AvgIpc) is 2.50. The van der Waals surface area contributed by atoms with Gasteiger partial charge >= 0.3 is 0 Å². The van der Waals surface area contributed by atoms with Crippen molar-refractivity contribution in [2.75, 3.05) is 5.73 Å². The number of aryl methyl sites for hydroxylation is 1. The van der Waals surface area contributed by atoms with Gasteiger partial charge in [0.25, 0.3) is 0 Å². The smallest absolute Gasteiger partial charge is 0.180 e. The van der Waals surface area contributed by atoms with Gasteiger partial charge in [-0.1, -0.05) is 11.6 Å². The second-order valence-corrected chi connectivity index (χ2v) is 4.17. The molecule has 0 amide bonds. The van der Waals surface area contributed by atoms with Gasteiger partial charge in [-0.05, 0) is 19.1 Å². The molecule has 2 heterocycles. The lowest BCUT2D eigenvalue weighted by molar-refractivity contribution is 1.20. The largest absolute Gasteiger partial charge is 0.375 e. The molecule has 0 spiro atoms. The third kappa shape index (κ3) is 1.86. The van der Waals surface area contributed by atoms with Gasteiger partial charge in [0.05, 0.1) is 5.69 Å². The Hall–Kier alpha value is -1.13. The van der Waals surface area contributed by atoms with Gasteiger partial charge < -0.3 is 5.73 Å². The number of thiazole rings is 1. The Labute approximate surface area is 90.6 Å². The van der Waals surface area contributed by atoms with E-state index in [1.807, 2.05) is 18.4 Å². The summed E-state index contributed by atoms with van der Waals surface area (Å²) in [4.78, 5) is 8.25. The number of halogens is 1. The highest BCUT2D eigenvalue weighted by Gasteiger charge is 2.04. The van der Waals surface area contributed by atoms with E-state index in [-0.39, 0.29) is 0 Å². The molecule has 0 unspecified atom stereocenters. The van der Waals surface area contributed by atoms with Crippen LogP contribution in [0.3, 0.4) is 0 Å². The van der Waals surface area contributed by atoms with Crippen LogP contribution in [0.25, 0.3) is 11.3 Å². The van der Waals surface area contributed by atoms with Crippen LogP contribution < -0.4 is 5.73 Å². The van der Waals surface area contributed by atoms with Gasteiger partial charge in [-0.25, -0.2) is 9.97 Å². The Morgan fingerprint density at radius 1 is 1.36 bits per heavy atom. The Morgan fingerprint density at radius 3 is 2.71 bits per heavy atom. The first kappa shape index (κ1) is 9.43. The van der Waals surface area contributed by atoms with Crippen molar-refractivity contribution in [3.05, 3.63) is 28.4 Å². The molecule has 2 aromatic heterocycles. The van der Waals surface area contributed by atoms with Gasteiger partial charge in [0, 0.05) is 16.6 Å². The fourth-order valence-electron chi connectivity index (χ4n) is 1.20. The standard InChI is InChI=1S/C9H8ClN3S/c1-5-2-6(3-8(10)12-5)7-4-14-9(11)13-7/h2-4H,1H3,(H2,11,13). The molecule has 3 nitrogen and oxygen atoms in total. The lowest BCUT2D eigenvalue weighted by Crippen LogP contribution is -1.86. The lowest BCUT2D eigenvalue weighted by atomic mass is 10.2. The van der Waals surface area contributed by atoms with E-state index in [0.29, 0.717) is 10.3 Å². The number of hydrogen-bond donors (Lipinski definition) is 1. The maximum Gasteiger partial charge on any atom is 0.180 e. The molecular weight excluding hydrogens is 218 g/mol. The van der Waals surface area contributed by atoms with Crippen LogP contribution in [0, 0.1) is 6.92 Å². The van der Waals surface area contributed by atoms with E-state index in [9.17, 15) is 0 Å². The third-order valence-corrected chi connectivity index (χ3v) is 2.61. The number of aromatic nitrogens is 2. The molecule has 72 valence electrons. The fraction of sp³-hybridized carbons (Fsp3) is 0.111. The number of pyridine rings is 1. The van der Waals surface area contributed by atoms with Crippen molar-refractivity contribution in [2.45, 2.75) is 6.92 Å². The maximum atomic E-state index is 5.84. The molecule has 0 atom stereocenters. The van der Waals surface area contributed by atoms with Crippen molar-refractivity contribution in [1.29, 1.82) is 0 Å². The number of nitrogens with zero attached hydrogens (tertiary/aromatic N) is 2. The van der Waals surface area contributed by atoms with Crippen LogP contribution >= 0.6 is 22.9 Å². The number of hydrogen-bond acceptors (Lipinski definition) is 4. The van der Waals surface area contributed by atoms with E-state index >= 15 is 0 Å². The second kappa shape index (κ2) is 3.55. The zero-order chi connectivity index (χ0) is 10.1. The summed E-state index contributed by atoms with van der Waals surface area (Å²) in [5.41, 5.74) is 8.23. The van der Waals surface area contributed by atoms with E-state index in [1.54, 1.807) is 6.07 Å². The maximum absolute atomic E-state index is 5.84. The zero-order valence-electron chi connectivity index (χ0n) is 7.49. The molecule has 2 rings (SSSR count). The SMILES string of the molecule is Cc1cc(-c2csc(N)n2)cc(Cl)n1. The van der Waals surface area contributed by atoms with Gasteiger partial charge in [-0.3, -0.25) is 0 Å². The summed E-state index contributed by atoms with van der Waals surface area (Å²) in [5.74, 6) is 0. The number of nitrogens with two attached hydrogens (primary N) is 1. The first-order valence-corrected chi connectivity index (χ1v) is 5.26. The molecule has 0 saturated heterocycles. The molecular formula is C9H8ClN3S. The minimum atomic E-state index is 0.478. The van der Waals surface area contributed by atoms with Crippen LogP contribution in [-0.2, 0) is 0 Å². The molecule has 0 aliphatic carbocycles. The fourth-order valence-corrected chi connectivity index (χ4v) is 2.02. The molecule has 14 heavy (non-hydrogen) atoms. The third-order valence-electron chi connectivity index (χ3n) is 1.74. The summed E-state index contributed by atoms with van der Waals surface area (Å²) in [6.45, 7) is 1.89. The van der Waals surface area contributed by atoms with Crippen LogP contribution in [0.5, 0.6) is 0 Å². The van der Waals surface area contributed by atoms with Gasteiger partial charge in [0.15, 0.2) is 5.13 Å².